The van der Waals surface area contributed by atoms with Gasteiger partial charge in [-0.15, -0.1) is 35.3 Å². The summed E-state index contributed by atoms with van der Waals surface area (Å²) in [4.78, 5) is 21.8. The van der Waals surface area contributed by atoms with Gasteiger partial charge in [0.25, 0.3) is 0 Å². The molecule has 1 aromatic rings. The van der Waals surface area contributed by atoms with Crippen molar-refractivity contribution in [2.45, 2.75) is 58.5 Å². The summed E-state index contributed by atoms with van der Waals surface area (Å²) < 4.78 is 5.12. The van der Waals surface area contributed by atoms with Gasteiger partial charge in [0.05, 0.1) is 19.1 Å². The van der Waals surface area contributed by atoms with Gasteiger partial charge < -0.3 is 15.4 Å². The molecule has 0 spiro atoms. The van der Waals surface area contributed by atoms with Crippen molar-refractivity contribution in [1.82, 2.24) is 15.6 Å². The number of thiazole rings is 1. The second-order valence-corrected chi connectivity index (χ2v) is 7.14. The molecule has 1 saturated carbocycles. The van der Waals surface area contributed by atoms with E-state index in [9.17, 15) is 4.79 Å². The van der Waals surface area contributed by atoms with E-state index in [2.05, 4.69) is 27.5 Å². The highest BCUT2D eigenvalue weighted by Crippen LogP contribution is 2.25. The average molecular weight is 480 g/mol. The second kappa shape index (κ2) is 11.7. The molecular formula is C17H29IN4O2S. The highest BCUT2D eigenvalue weighted by molar-refractivity contribution is 14.0. The highest BCUT2D eigenvalue weighted by Gasteiger charge is 2.27. The van der Waals surface area contributed by atoms with Crippen LogP contribution < -0.4 is 10.6 Å². The molecular weight excluding hydrogens is 451 g/mol. The first kappa shape index (κ1) is 22.1. The summed E-state index contributed by atoms with van der Waals surface area (Å²) in [6.45, 7) is 5.14. The Balaban J connectivity index is 0.00000312. The maximum absolute atomic E-state index is 11.8. The van der Waals surface area contributed by atoms with Crippen molar-refractivity contribution in [3.8, 4) is 0 Å². The lowest BCUT2D eigenvalue weighted by Crippen LogP contribution is -2.45. The third-order valence-electron chi connectivity index (χ3n) is 4.27. The van der Waals surface area contributed by atoms with Gasteiger partial charge in [-0.3, -0.25) is 9.79 Å². The molecule has 6 nitrogen and oxygen atoms in total. The zero-order chi connectivity index (χ0) is 17.4. The smallest absolute Gasteiger partial charge is 0.308 e. The third kappa shape index (κ3) is 7.08. The largest absolute Gasteiger partial charge is 0.466 e. The van der Waals surface area contributed by atoms with E-state index in [4.69, 9.17) is 4.74 Å². The van der Waals surface area contributed by atoms with E-state index in [0.717, 1.165) is 43.1 Å². The first-order chi connectivity index (χ1) is 11.7. The number of carbonyl (C=O) groups excluding carboxylic acids is 1. The van der Waals surface area contributed by atoms with Crippen molar-refractivity contribution in [2.75, 3.05) is 13.7 Å². The summed E-state index contributed by atoms with van der Waals surface area (Å²) in [6.07, 6.45) is 6.63. The predicted octanol–water partition coefficient (Wildman–Crippen LogP) is 3.11. The molecule has 2 rings (SSSR count). The van der Waals surface area contributed by atoms with E-state index in [0.29, 0.717) is 19.2 Å². The highest BCUT2D eigenvalue weighted by atomic mass is 127. The Kier molecular flexibility index (Phi) is 10.3. The Bertz CT molecular complexity index is 557. The Hall–Kier alpha value is -0.900. The summed E-state index contributed by atoms with van der Waals surface area (Å²) in [5, 5.41) is 7.84. The van der Waals surface area contributed by atoms with Crippen LogP contribution in [0.2, 0.25) is 0 Å². The normalized spacial score (nSPS) is 20.5. The molecule has 1 aromatic heterocycles. The number of esters is 1. The van der Waals surface area contributed by atoms with Crippen molar-refractivity contribution in [3.05, 3.63) is 16.1 Å². The number of carbonyl (C=O) groups is 1. The SMILES string of the molecule is CCOC(=O)C1CCC(NC(=NC)NCc2ncc(CC)s2)CC1.I. The second-order valence-electron chi connectivity index (χ2n) is 5.94. The van der Waals surface area contributed by atoms with Crippen molar-refractivity contribution < 1.29 is 9.53 Å². The van der Waals surface area contributed by atoms with E-state index in [1.54, 1.807) is 18.4 Å². The molecule has 142 valence electrons. The summed E-state index contributed by atoms with van der Waals surface area (Å²) in [5.41, 5.74) is 0. The van der Waals surface area contributed by atoms with Gasteiger partial charge in [0.1, 0.15) is 5.01 Å². The molecule has 0 aromatic carbocycles. The average Bonchev–Trinajstić information content (AvgIpc) is 3.07. The van der Waals surface area contributed by atoms with Gasteiger partial charge in [-0.05, 0) is 39.0 Å². The number of rotatable bonds is 6. The molecule has 25 heavy (non-hydrogen) atoms. The number of halogens is 1. The molecule has 0 saturated heterocycles. The van der Waals surface area contributed by atoms with E-state index >= 15 is 0 Å². The van der Waals surface area contributed by atoms with Crippen LogP contribution in [0.25, 0.3) is 0 Å². The van der Waals surface area contributed by atoms with Gasteiger partial charge in [0, 0.05) is 24.2 Å². The fourth-order valence-electron chi connectivity index (χ4n) is 2.87. The van der Waals surface area contributed by atoms with Crippen LogP contribution in [0, 0.1) is 5.92 Å². The summed E-state index contributed by atoms with van der Waals surface area (Å²) in [7, 11) is 1.78. The molecule has 1 fully saturated rings. The monoisotopic (exact) mass is 480 g/mol. The Morgan fingerprint density at radius 2 is 2.08 bits per heavy atom. The quantitative estimate of drug-likeness (QED) is 0.283. The number of nitrogens with zero attached hydrogens (tertiary/aromatic N) is 2. The number of aromatic nitrogens is 1. The molecule has 1 aliphatic carbocycles. The number of aryl methyl sites for hydroxylation is 1. The minimum atomic E-state index is -0.0473. The summed E-state index contributed by atoms with van der Waals surface area (Å²) in [6, 6.07) is 0.351. The first-order valence-electron chi connectivity index (χ1n) is 8.73. The van der Waals surface area contributed by atoms with Crippen LogP contribution in [0.3, 0.4) is 0 Å². The number of aliphatic imine (C=N–C) groups is 1. The number of hydrogen-bond acceptors (Lipinski definition) is 5. The van der Waals surface area contributed by atoms with Crippen molar-refractivity contribution in [3.63, 3.8) is 0 Å². The van der Waals surface area contributed by atoms with Gasteiger partial charge in [0.2, 0.25) is 0 Å². The van der Waals surface area contributed by atoms with Crippen molar-refractivity contribution >= 4 is 47.2 Å². The van der Waals surface area contributed by atoms with E-state index in [1.807, 2.05) is 13.1 Å². The van der Waals surface area contributed by atoms with Crippen LogP contribution >= 0.6 is 35.3 Å². The molecule has 1 heterocycles. The minimum absolute atomic E-state index is 0. The van der Waals surface area contributed by atoms with Crippen LogP contribution in [-0.2, 0) is 22.5 Å². The third-order valence-corrected chi connectivity index (χ3v) is 5.41. The Morgan fingerprint density at radius 1 is 1.36 bits per heavy atom. The molecule has 0 unspecified atom stereocenters. The number of ether oxygens (including phenoxy) is 1. The molecule has 1 aliphatic rings. The van der Waals surface area contributed by atoms with Crippen LogP contribution in [0.15, 0.2) is 11.2 Å². The first-order valence-corrected chi connectivity index (χ1v) is 9.55. The van der Waals surface area contributed by atoms with Crippen LogP contribution in [0.4, 0.5) is 0 Å². The maximum atomic E-state index is 11.8. The van der Waals surface area contributed by atoms with Gasteiger partial charge in [-0.1, -0.05) is 6.92 Å². The van der Waals surface area contributed by atoms with Crippen molar-refractivity contribution in [2.24, 2.45) is 10.9 Å². The Morgan fingerprint density at radius 3 is 2.64 bits per heavy atom. The lowest BCUT2D eigenvalue weighted by molar-refractivity contribution is -0.149. The number of guanidine groups is 1. The lowest BCUT2D eigenvalue weighted by atomic mass is 9.86. The standard InChI is InChI=1S/C17H28N4O2S.HI/c1-4-14-10-19-15(24-14)11-20-17(18-3)21-13-8-6-12(7-9-13)16(22)23-5-2;/h10,12-13H,4-9,11H2,1-3H3,(H2,18,20,21);1H. The molecule has 0 radical (unpaired) electrons. The fraction of sp³-hybridized carbons (Fsp3) is 0.706. The van der Waals surface area contributed by atoms with E-state index < -0.39 is 0 Å². The van der Waals surface area contributed by atoms with Gasteiger partial charge >= 0.3 is 5.97 Å². The maximum Gasteiger partial charge on any atom is 0.308 e. The zero-order valence-corrected chi connectivity index (χ0v) is 18.4. The van der Waals surface area contributed by atoms with E-state index in [-0.39, 0.29) is 35.9 Å². The fourth-order valence-corrected chi connectivity index (χ4v) is 3.68. The van der Waals surface area contributed by atoms with Crippen LogP contribution in [0.5, 0.6) is 0 Å². The molecule has 0 atom stereocenters. The molecule has 8 heteroatoms. The lowest BCUT2D eigenvalue weighted by Gasteiger charge is -2.29. The van der Waals surface area contributed by atoms with Gasteiger partial charge in [-0.2, -0.15) is 0 Å². The molecule has 2 N–H and O–H groups in total. The zero-order valence-electron chi connectivity index (χ0n) is 15.2. The number of nitrogens with one attached hydrogen (secondary N) is 2. The van der Waals surface area contributed by atoms with Crippen LogP contribution in [0.1, 0.15) is 49.4 Å². The number of hydrogen-bond donors (Lipinski definition) is 2. The summed E-state index contributed by atoms with van der Waals surface area (Å²) >= 11 is 1.73. The van der Waals surface area contributed by atoms with Gasteiger partial charge in [0.15, 0.2) is 5.96 Å². The minimum Gasteiger partial charge on any atom is -0.466 e. The van der Waals surface area contributed by atoms with Gasteiger partial charge in [-0.25, -0.2) is 4.98 Å². The van der Waals surface area contributed by atoms with E-state index in [1.165, 1.54) is 4.88 Å². The molecule has 0 bridgehead atoms. The van der Waals surface area contributed by atoms with Crippen molar-refractivity contribution in [1.29, 1.82) is 0 Å². The topological polar surface area (TPSA) is 75.6 Å². The van der Waals surface area contributed by atoms with Crippen LogP contribution in [-0.4, -0.2) is 36.6 Å². The summed E-state index contributed by atoms with van der Waals surface area (Å²) in [5.74, 6) is 0.803. The predicted molar refractivity (Wildman–Crippen MR) is 113 cm³/mol. The molecule has 0 amide bonds. The molecule has 0 aliphatic heterocycles. The Labute approximate surface area is 171 Å².